The van der Waals surface area contributed by atoms with E-state index in [2.05, 4.69) is 67.1 Å². The molecule has 2 heterocycles. The molecule has 0 aromatic carbocycles. The highest BCUT2D eigenvalue weighted by atomic mass is 15.3. The quantitative estimate of drug-likeness (QED) is 0.880. The van der Waals surface area contributed by atoms with Crippen molar-refractivity contribution in [2.75, 3.05) is 5.32 Å². The molecule has 0 saturated heterocycles. The van der Waals surface area contributed by atoms with Crippen molar-refractivity contribution in [3.8, 4) is 0 Å². The minimum Gasteiger partial charge on any atom is -0.363 e. The van der Waals surface area contributed by atoms with Gasteiger partial charge in [0.05, 0.1) is 12.2 Å². The highest BCUT2D eigenvalue weighted by molar-refractivity contribution is 5.42. The van der Waals surface area contributed by atoms with E-state index in [1.807, 2.05) is 10.9 Å². The van der Waals surface area contributed by atoms with Crippen molar-refractivity contribution < 1.29 is 0 Å². The van der Waals surface area contributed by atoms with E-state index in [-0.39, 0.29) is 0 Å². The highest BCUT2D eigenvalue weighted by Crippen LogP contribution is 2.16. The molecule has 0 aliphatic carbocycles. The van der Waals surface area contributed by atoms with Crippen LogP contribution >= 0.6 is 0 Å². The summed E-state index contributed by atoms with van der Waals surface area (Å²) in [6.45, 7) is 12.5. The molecule has 0 spiro atoms. The molecule has 0 unspecified atom stereocenters. The fraction of sp³-hybridized carbons (Fsp3) is 0.600. The lowest BCUT2D eigenvalue weighted by Crippen LogP contribution is -2.13. The molecule has 0 fully saturated rings. The lowest BCUT2D eigenvalue weighted by atomic mass is 10.2. The fourth-order valence-electron chi connectivity index (χ4n) is 2.12. The Morgan fingerprint density at radius 1 is 1.25 bits per heavy atom. The van der Waals surface area contributed by atoms with Crippen molar-refractivity contribution in [3.05, 3.63) is 29.7 Å². The Labute approximate surface area is 121 Å². The summed E-state index contributed by atoms with van der Waals surface area (Å²) < 4.78 is 4.05. The van der Waals surface area contributed by atoms with Crippen LogP contribution in [0.5, 0.6) is 0 Å². The predicted molar refractivity (Wildman–Crippen MR) is 81.7 cm³/mol. The molecule has 110 valence electrons. The van der Waals surface area contributed by atoms with E-state index in [1.165, 1.54) is 11.3 Å². The molecule has 2 aromatic heterocycles. The first kappa shape index (κ1) is 14.6. The van der Waals surface area contributed by atoms with Gasteiger partial charge in [0.1, 0.15) is 0 Å². The van der Waals surface area contributed by atoms with Crippen LogP contribution < -0.4 is 5.32 Å². The van der Waals surface area contributed by atoms with Crippen LogP contribution in [-0.2, 0) is 13.1 Å². The normalized spacial score (nSPS) is 11.6. The summed E-state index contributed by atoms with van der Waals surface area (Å²) in [5.74, 6) is 1.55. The maximum absolute atomic E-state index is 4.58. The summed E-state index contributed by atoms with van der Waals surface area (Å²) in [6, 6.07) is 2.44. The Morgan fingerprint density at radius 2 is 2.00 bits per heavy atom. The van der Waals surface area contributed by atoms with Gasteiger partial charge in [-0.05, 0) is 32.8 Å². The van der Waals surface area contributed by atoms with Gasteiger partial charge >= 0.3 is 0 Å². The Kier molecular flexibility index (Phi) is 4.47. The monoisotopic (exact) mass is 275 g/mol. The molecule has 0 aliphatic heterocycles. The molecule has 0 saturated carbocycles. The van der Waals surface area contributed by atoms with Crippen molar-refractivity contribution in [2.24, 2.45) is 5.92 Å². The number of aromatic nitrogens is 4. The van der Waals surface area contributed by atoms with Crippen molar-refractivity contribution in [3.63, 3.8) is 0 Å². The lowest BCUT2D eigenvalue weighted by molar-refractivity contribution is 0.470. The number of hydrogen-bond acceptors (Lipinski definition) is 3. The fourth-order valence-corrected chi connectivity index (χ4v) is 2.12. The van der Waals surface area contributed by atoms with E-state index in [9.17, 15) is 0 Å². The summed E-state index contributed by atoms with van der Waals surface area (Å²) in [6.07, 6.45) is 3.94. The van der Waals surface area contributed by atoms with Crippen LogP contribution in [0, 0.1) is 12.8 Å². The van der Waals surface area contributed by atoms with Crippen molar-refractivity contribution in [1.29, 1.82) is 0 Å². The Hall–Kier alpha value is -1.78. The maximum Gasteiger partial charge on any atom is 0.151 e. The first-order chi connectivity index (χ1) is 9.47. The maximum atomic E-state index is 4.58. The number of nitrogens with zero attached hydrogens (tertiary/aromatic N) is 4. The third-order valence-corrected chi connectivity index (χ3v) is 3.22. The molecule has 2 aromatic rings. The second kappa shape index (κ2) is 6.11. The molecule has 0 bridgehead atoms. The van der Waals surface area contributed by atoms with E-state index < -0.39 is 0 Å². The number of hydrogen-bond donors (Lipinski definition) is 1. The molecule has 2 rings (SSSR count). The van der Waals surface area contributed by atoms with Crippen LogP contribution in [0.15, 0.2) is 18.5 Å². The molecular weight excluding hydrogens is 250 g/mol. The second-order valence-electron chi connectivity index (χ2n) is 5.99. The number of aryl methyl sites for hydroxylation is 1. The Bertz CT molecular complexity index is 550. The lowest BCUT2D eigenvalue weighted by Gasteiger charge is -2.10. The van der Waals surface area contributed by atoms with Gasteiger partial charge in [-0.1, -0.05) is 13.8 Å². The van der Waals surface area contributed by atoms with Gasteiger partial charge in [-0.2, -0.15) is 10.2 Å². The van der Waals surface area contributed by atoms with E-state index >= 15 is 0 Å². The smallest absolute Gasteiger partial charge is 0.151 e. The summed E-state index contributed by atoms with van der Waals surface area (Å²) in [5, 5.41) is 12.4. The Balaban J connectivity index is 2.03. The SMILES string of the molecule is Cc1cn(C(C)C)nc1NCc1ccnn1CC(C)C. The zero-order chi connectivity index (χ0) is 14.7. The van der Waals surface area contributed by atoms with Crippen molar-refractivity contribution >= 4 is 5.82 Å². The second-order valence-corrected chi connectivity index (χ2v) is 5.99. The molecule has 0 atom stereocenters. The minimum absolute atomic E-state index is 0.385. The van der Waals surface area contributed by atoms with Gasteiger partial charge in [0, 0.05) is 30.5 Å². The van der Waals surface area contributed by atoms with Crippen LogP contribution in [0.2, 0.25) is 0 Å². The van der Waals surface area contributed by atoms with Gasteiger partial charge in [0.25, 0.3) is 0 Å². The number of nitrogens with one attached hydrogen (secondary N) is 1. The van der Waals surface area contributed by atoms with Gasteiger partial charge in [-0.25, -0.2) is 0 Å². The Morgan fingerprint density at radius 3 is 2.60 bits per heavy atom. The number of rotatable bonds is 6. The number of anilines is 1. The van der Waals surface area contributed by atoms with Gasteiger partial charge < -0.3 is 5.32 Å². The first-order valence-corrected chi connectivity index (χ1v) is 7.27. The van der Waals surface area contributed by atoms with Crippen LogP contribution in [0.25, 0.3) is 0 Å². The largest absolute Gasteiger partial charge is 0.363 e. The zero-order valence-corrected chi connectivity index (χ0v) is 13.1. The van der Waals surface area contributed by atoms with E-state index in [0.29, 0.717) is 12.0 Å². The van der Waals surface area contributed by atoms with Crippen molar-refractivity contribution in [1.82, 2.24) is 19.6 Å². The van der Waals surface area contributed by atoms with Crippen LogP contribution in [0.4, 0.5) is 5.82 Å². The van der Waals surface area contributed by atoms with Crippen LogP contribution in [-0.4, -0.2) is 19.6 Å². The van der Waals surface area contributed by atoms with Crippen molar-refractivity contribution in [2.45, 2.75) is 53.8 Å². The summed E-state index contributed by atoms with van der Waals surface area (Å²) in [7, 11) is 0. The molecular formula is C15H25N5. The summed E-state index contributed by atoms with van der Waals surface area (Å²) >= 11 is 0. The first-order valence-electron chi connectivity index (χ1n) is 7.27. The zero-order valence-electron chi connectivity index (χ0n) is 13.1. The van der Waals surface area contributed by atoms with E-state index in [1.54, 1.807) is 0 Å². The average Bonchev–Trinajstić information content (AvgIpc) is 2.93. The van der Waals surface area contributed by atoms with Gasteiger partial charge in [0.15, 0.2) is 5.82 Å². The molecule has 0 aliphatic rings. The van der Waals surface area contributed by atoms with Crippen LogP contribution in [0.1, 0.15) is 45.0 Å². The molecule has 5 heteroatoms. The van der Waals surface area contributed by atoms with Gasteiger partial charge in [0.2, 0.25) is 0 Å². The molecule has 5 nitrogen and oxygen atoms in total. The topological polar surface area (TPSA) is 47.7 Å². The minimum atomic E-state index is 0.385. The van der Waals surface area contributed by atoms with E-state index in [0.717, 1.165) is 18.9 Å². The molecule has 1 N–H and O–H groups in total. The average molecular weight is 275 g/mol. The predicted octanol–water partition coefficient (Wildman–Crippen LogP) is 3.24. The standard InChI is InChI=1S/C15H25N5/c1-11(2)9-20-14(6-7-17-20)8-16-15-13(5)10-19(18-15)12(3)4/h6-7,10-12H,8-9H2,1-5H3,(H,16,18). The highest BCUT2D eigenvalue weighted by Gasteiger charge is 2.09. The molecule has 0 amide bonds. The van der Waals surface area contributed by atoms with Gasteiger partial charge in [-0.3, -0.25) is 9.36 Å². The van der Waals surface area contributed by atoms with Crippen LogP contribution in [0.3, 0.4) is 0 Å². The third kappa shape index (κ3) is 3.40. The summed E-state index contributed by atoms with van der Waals surface area (Å²) in [5.41, 5.74) is 2.37. The summed E-state index contributed by atoms with van der Waals surface area (Å²) in [4.78, 5) is 0. The molecule has 0 radical (unpaired) electrons. The molecule has 20 heavy (non-hydrogen) atoms. The third-order valence-electron chi connectivity index (χ3n) is 3.22. The van der Waals surface area contributed by atoms with E-state index in [4.69, 9.17) is 0 Å². The van der Waals surface area contributed by atoms with Gasteiger partial charge in [-0.15, -0.1) is 0 Å².